The summed E-state index contributed by atoms with van der Waals surface area (Å²) in [6.45, 7) is 4.09. The number of hydrogen-bond acceptors (Lipinski definition) is 3. The van der Waals surface area contributed by atoms with Gasteiger partial charge in [-0.15, -0.1) is 0 Å². The van der Waals surface area contributed by atoms with Gasteiger partial charge in [0.1, 0.15) is 12.0 Å². The number of aromatic nitrogens is 1. The summed E-state index contributed by atoms with van der Waals surface area (Å²) < 4.78 is 23.6. The molecule has 0 aliphatic carbocycles. The van der Waals surface area contributed by atoms with E-state index in [0.717, 1.165) is 5.56 Å². The van der Waals surface area contributed by atoms with Crippen LogP contribution in [-0.2, 0) is 0 Å². The molecule has 0 saturated carbocycles. The van der Waals surface area contributed by atoms with Gasteiger partial charge in [0.2, 0.25) is 5.89 Å². The van der Waals surface area contributed by atoms with E-state index in [0.29, 0.717) is 24.0 Å². The van der Waals surface area contributed by atoms with Gasteiger partial charge in [0, 0.05) is 5.56 Å². The molecule has 0 N–H and O–H groups in total. The highest BCUT2D eigenvalue weighted by molar-refractivity contribution is 5.54. The lowest BCUT2D eigenvalue weighted by atomic mass is 10.1. The third-order valence-electron chi connectivity index (χ3n) is 2.18. The van der Waals surface area contributed by atoms with E-state index in [9.17, 15) is 4.39 Å². The molecule has 0 aliphatic heterocycles. The van der Waals surface area contributed by atoms with E-state index in [1.54, 1.807) is 19.1 Å². The Morgan fingerprint density at radius 2 is 2.25 bits per heavy atom. The minimum Gasteiger partial charge on any atom is -0.464 e. The van der Waals surface area contributed by atoms with Crippen molar-refractivity contribution in [2.24, 2.45) is 0 Å². The van der Waals surface area contributed by atoms with Crippen LogP contribution in [0.15, 0.2) is 28.8 Å². The number of hydrogen-bond donors (Lipinski definition) is 0. The summed E-state index contributed by atoms with van der Waals surface area (Å²) in [4.78, 5) is 4.06. The van der Waals surface area contributed by atoms with Gasteiger partial charge in [0.05, 0.1) is 6.61 Å². The Kier molecular flexibility index (Phi) is 2.90. The topological polar surface area (TPSA) is 35.3 Å². The Bertz CT molecular complexity index is 494. The summed E-state index contributed by atoms with van der Waals surface area (Å²) >= 11 is 0. The van der Waals surface area contributed by atoms with Crippen LogP contribution < -0.4 is 4.74 Å². The third kappa shape index (κ3) is 2.05. The number of ether oxygens (including phenoxy) is 1. The molecule has 84 valence electrons. The third-order valence-corrected chi connectivity index (χ3v) is 2.18. The Hall–Kier alpha value is -1.84. The lowest BCUT2D eigenvalue weighted by Crippen LogP contribution is -1.88. The van der Waals surface area contributed by atoms with E-state index in [-0.39, 0.29) is 5.82 Å². The number of halogens is 1. The fourth-order valence-electron chi connectivity index (χ4n) is 1.38. The van der Waals surface area contributed by atoms with Crippen molar-refractivity contribution in [3.05, 3.63) is 35.8 Å². The standard InChI is InChI=1S/C12H12FNO2/c1-3-15-11-7-14-12(16-11)9-4-5-10(13)8(2)6-9/h4-7H,3H2,1-2H3. The number of nitrogens with zero attached hydrogens (tertiary/aromatic N) is 1. The van der Waals surface area contributed by atoms with Gasteiger partial charge >= 0.3 is 5.95 Å². The predicted molar refractivity (Wildman–Crippen MR) is 57.8 cm³/mol. The second kappa shape index (κ2) is 4.35. The molecule has 1 aromatic carbocycles. The molecule has 0 radical (unpaired) electrons. The summed E-state index contributed by atoms with van der Waals surface area (Å²) in [6, 6.07) is 4.72. The lowest BCUT2D eigenvalue weighted by molar-refractivity contribution is 0.260. The van der Waals surface area contributed by atoms with Crippen LogP contribution in [-0.4, -0.2) is 11.6 Å². The molecule has 0 saturated heterocycles. The van der Waals surface area contributed by atoms with Gasteiger partial charge in [-0.1, -0.05) is 0 Å². The maximum absolute atomic E-state index is 13.1. The average Bonchev–Trinajstić information content (AvgIpc) is 2.71. The van der Waals surface area contributed by atoms with Crippen molar-refractivity contribution >= 4 is 0 Å². The van der Waals surface area contributed by atoms with Crippen molar-refractivity contribution < 1.29 is 13.5 Å². The Balaban J connectivity index is 2.31. The first kappa shape index (κ1) is 10.7. The van der Waals surface area contributed by atoms with Crippen molar-refractivity contribution in [3.63, 3.8) is 0 Å². The van der Waals surface area contributed by atoms with Crippen molar-refractivity contribution in [2.45, 2.75) is 13.8 Å². The summed E-state index contributed by atoms with van der Waals surface area (Å²) in [5.74, 6) is 0.575. The van der Waals surface area contributed by atoms with Gasteiger partial charge in [0.15, 0.2) is 0 Å². The summed E-state index contributed by atoms with van der Waals surface area (Å²) in [7, 11) is 0. The number of aryl methyl sites for hydroxylation is 1. The average molecular weight is 221 g/mol. The molecule has 2 rings (SSSR count). The second-order valence-electron chi connectivity index (χ2n) is 3.38. The number of rotatable bonds is 3. The highest BCUT2D eigenvalue weighted by Crippen LogP contribution is 2.24. The summed E-state index contributed by atoms with van der Waals surface area (Å²) in [5.41, 5.74) is 1.30. The van der Waals surface area contributed by atoms with Gasteiger partial charge in [-0.2, -0.15) is 0 Å². The molecule has 0 bridgehead atoms. The lowest BCUT2D eigenvalue weighted by Gasteiger charge is -1.99. The maximum atomic E-state index is 13.1. The molecule has 0 fully saturated rings. The highest BCUT2D eigenvalue weighted by Gasteiger charge is 2.08. The van der Waals surface area contributed by atoms with Crippen LogP contribution in [0.2, 0.25) is 0 Å². The van der Waals surface area contributed by atoms with Gasteiger partial charge in [0.25, 0.3) is 0 Å². The molecule has 0 unspecified atom stereocenters. The van der Waals surface area contributed by atoms with E-state index in [2.05, 4.69) is 4.98 Å². The van der Waals surface area contributed by atoms with Crippen molar-refractivity contribution in [3.8, 4) is 17.4 Å². The van der Waals surface area contributed by atoms with Crippen LogP contribution in [0.1, 0.15) is 12.5 Å². The first-order valence-electron chi connectivity index (χ1n) is 5.06. The predicted octanol–water partition coefficient (Wildman–Crippen LogP) is 3.19. The summed E-state index contributed by atoms with van der Waals surface area (Å²) in [6.07, 6.45) is 1.51. The quantitative estimate of drug-likeness (QED) is 0.798. The minimum absolute atomic E-state index is 0.236. The molecule has 4 heteroatoms. The van der Waals surface area contributed by atoms with Crippen molar-refractivity contribution in [1.82, 2.24) is 4.98 Å². The minimum atomic E-state index is -0.236. The zero-order valence-corrected chi connectivity index (χ0v) is 9.16. The molecule has 1 aromatic heterocycles. The zero-order valence-electron chi connectivity index (χ0n) is 9.16. The van der Waals surface area contributed by atoms with Crippen LogP contribution in [0.3, 0.4) is 0 Å². The van der Waals surface area contributed by atoms with Gasteiger partial charge < -0.3 is 9.15 Å². The van der Waals surface area contributed by atoms with Crippen molar-refractivity contribution in [1.29, 1.82) is 0 Å². The summed E-state index contributed by atoms with van der Waals surface area (Å²) in [5, 5.41) is 0. The first-order chi connectivity index (χ1) is 7.70. The van der Waals surface area contributed by atoms with E-state index < -0.39 is 0 Å². The largest absolute Gasteiger partial charge is 0.464 e. The normalized spacial score (nSPS) is 10.4. The molecule has 1 heterocycles. The SMILES string of the molecule is CCOc1cnc(-c2ccc(F)c(C)c2)o1. The van der Waals surface area contributed by atoms with Gasteiger partial charge in [-0.05, 0) is 37.6 Å². The van der Waals surface area contributed by atoms with Gasteiger partial charge in [-0.3, -0.25) is 0 Å². The first-order valence-corrected chi connectivity index (χ1v) is 5.06. The smallest absolute Gasteiger partial charge is 0.305 e. The van der Waals surface area contributed by atoms with E-state index in [1.807, 2.05) is 6.92 Å². The maximum Gasteiger partial charge on any atom is 0.305 e. The monoisotopic (exact) mass is 221 g/mol. The number of oxazole rings is 1. The van der Waals surface area contributed by atoms with Crippen LogP contribution >= 0.6 is 0 Å². The molecular formula is C12H12FNO2. The van der Waals surface area contributed by atoms with Gasteiger partial charge in [-0.25, -0.2) is 9.37 Å². The molecule has 0 aliphatic rings. The van der Waals surface area contributed by atoms with Crippen LogP contribution in [0.4, 0.5) is 4.39 Å². The molecule has 3 nitrogen and oxygen atoms in total. The fraction of sp³-hybridized carbons (Fsp3) is 0.250. The van der Waals surface area contributed by atoms with E-state index in [4.69, 9.17) is 9.15 Å². The highest BCUT2D eigenvalue weighted by atomic mass is 19.1. The van der Waals surface area contributed by atoms with E-state index >= 15 is 0 Å². The second-order valence-corrected chi connectivity index (χ2v) is 3.38. The van der Waals surface area contributed by atoms with Crippen LogP contribution in [0.25, 0.3) is 11.5 Å². The number of benzene rings is 1. The molecule has 2 aromatic rings. The Labute approximate surface area is 92.9 Å². The van der Waals surface area contributed by atoms with Crippen molar-refractivity contribution in [2.75, 3.05) is 6.61 Å². The zero-order chi connectivity index (χ0) is 11.5. The van der Waals surface area contributed by atoms with Crippen LogP contribution in [0.5, 0.6) is 5.95 Å². The Morgan fingerprint density at radius 1 is 1.44 bits per heavy atom. The molecular weight excluding hydrogens is 209 g/mol. The molecule has 0 amide bonds. The molecule has 0 spiro atoms. The fourth-order valence-corrected chi connectivity index (χ4v) is 1.38. The molecule has 16 heavy (non-hydrogen) atoms. The molecule has 0 atom stereocenters. The Morgan fingerprint density at radius 3 is 2.94 bits per heavy atom. The van der Waals surface area contributed by atoms with E-state index in [1.165, 1.54) is 12.3 Å². The van der Waals surface area contributed by atoms with Crippen LogP contribution in [0, 0.1) is 12.7 Å².